The van der Waals surface area contributed by atoms with Gasteiger partial charge in [0, 0.05) is 9.99 Å². The van der Waals surface area contributed by atoms with Crippen molar-refractivity contribution < 1.29 is 19.4 Å². The molecule has 0 fully saturated rings. The van der Waals surface area contributed by atoms with Gasteiger partial charge in [0.1, 0.15) is 18.5 Å². The third-order valence-corrected chi connectivity index (χ3v) is 3.92. The van der Waals surface area contributed by atoms with Gasteiger partial charge >= 0.3 is 6.09 Å². The molecule has 5 nitrogen and oxygen atoms in total. The Hall–Kier alpha value is -1.80. The van der Waals surface area contributed by atoms with Crippen molar-refractivity contribution in [3.05, 3.63) is 63.7 Å². The lowest BCUT2D eigenvalue weighted by molar-refractivity contribution is 0.0461. The van der Waals surface area contributed by atoms with Crippen molar-refractivity contribution >= 4 is 28.7 Å². The Bertz CT molecular complexity index is 618. The molecule has 2 aromatic carbocycles. The lowest BCUT2D eigenvalue weighted by atomic mass is 10.0. The van der Waals surface area contributed by atoms with Crippen molar-refractivity contribution in [1.82, 2.24) is 0 Å². The molecule has 0 heterocycles. The summed E-state index contributed by atoms with van der Waals surface area (Å²) in [7, 11) is 0. The van der Waals surface area contributed by atoms with Crippen LogP contribution < -0.4 is 10.5 Å². The minimum atomic E-state index is -0.865. The number of benzene rings is 2. The van der Waals surface area contributed by atoms with Crippen LogP contribution in [0.5, 0.6) is 5.75 Å². The largest absolute Gasteiger partial charge is 0.487 e. The highest BCUT2D eigenvalue weighted by atomic mass is 127. The van der Waals surface area contributed by atoms with E-state index in [0.29, 0.717) is 5.75 Å². The summed E-state index contributed by atoms with van der Waals surface area (Å²) in [5.74, 6) is 0.642. The molecule has 6 heteroatoms. The Labute approximate surface area is 148 Å². The van der Waals surface area contributed by atoms with Crippen molar-refractivity contribution in [1.29, 1.82) is 0 Å². The lowest BCUT2D eigenvalue weighted by Crippen LogP contribution is -2.28. The standard InChI is InChI=1S/C17H18INO4/c18-13-6-8-14(9-7-13)23-15(11-22-17(19)21)10-16(20)12-4-2-1-3-5-12/h1-9,15-16,20H,10-11H2,(H2,19,21)/t15?,16-/m1/s1. The second kappa shape index (κ2) is 8.73. The van der Waals surface area contributed by atoms with Gasteiger partial charge in [0.05, 0.1) is 6.10 Å². The van der Waals surface area contributed by atoms with Crippen LogP contribution in [0, 0.1) is 3.57 Å². The van der Waals surface area contributed by atoms with Crippen LogP contribution in [0.3, 0.4) is 0 Å². The van der Waals surface area contributed by atoms with Crippen molar-refractivity contribution in [3.8, 4) is 5.75 Å². The molecule has 122 valence electrons. The second-order valence-corrected chi connectivity index (χ2v) is 6.23. The number of halogens is 1. The zero-order valence-corrected chi connectivity index (χ0v) is 14.5. The molecular weight excluding hydrogens is 409 g/mol. The average molecular weight is 427 g/mol. The molecule has 2 atom stereocenters. The number of carbonyl (C=O) groups excluding carboxylic acids is 1. The molecule has 0 aliphatic rings. The predicted molar refractivity (Wildman–Crippen MR) is 95.1 cm³/mol. The van der Waals surface area contributed by atoms with Gasteiger partial charge in [-0.2, -0.15) is 0 Å². The molecule has 0 saturated heterocycles. The third kappa shape index (κ3) is 6.07. The van der Waals surface area contributed by atoms with E-state index in [2.05, 4.69) is 22.6 Å². The lowest BCUT2D eigenvalue weighted by Gasteiger charge is -2.21. The van der Waals surface area contributed by atoms with Crippen LogP contribution >= 0.6 is 22.6 Å². The monoisotopic (exact) mass is 427 g/mol. The van der Waals surface area contributed by atoms with E-state index in [-0.39, 0.29) is 13.0 Å². The minimum absolute atomic E-state index is 0.0226. The number of amides is 1. The SMILES string of the molecule is NC(=O)OCC(C[C@@H](O)c1ccccc1)Oc1ccc(I)cc1. The average Bonchev–Trinajstić information content (AvgIpc) is 2.55. The third-order valence-electron chi connectivity index (χ3n) is 3.20. The van der Waals surface area contributed by atoms with E-state index in [4.69, 9.17) is 15.2 Å². The first kappa shape index (κ1) is 17.6. The predicted octanol–water partition coefficient (Wildman–Crippen LogP) is 3.26. The van der Waals surface area contributed by atoms with E-state index < -0.39 is 18.3 Å². The van der Waals surface area contributed by atoms with Gasteiger partial charge in [0.15, 0.2) is 0 Å². The summed E-state index contributed by atoms with van der Waals surface area (Å²) in [4.78, 5) is 10.8. The van der Waals surface area contributed by atoms with Gasteiger partial charge in [-0.15, -0.1) is 0 Å². The van der Waals surface area contributed by atoms with Crippen molar-refractivity contribution in [2.75, 3.05) is 6.61 Å². The Balaban J connectivity index is 2.03. The fraction of sp³-hybridized carbons (Fsp3) is 0.235. The van der Waals surface area contributed by atoms with E-state index >= 15 is 0 Å². The van der Waals surface area contributed by atoms with E-state index in [0.717, 1.165) is 9.13 Å². The van der Waals surface area contributed by atoms with Gasteiger partial charge in [-0.25, -0.2) is 4.79 Å². The number of hydrogen-bond acceptors (Lipinski definition) is 4. The Kier molecular flexibility index (Phi) is 6.66. The Morgan fingerprint density at radius 3 is 2.39 bits per heavy atom. The fourth-order valence-electron chi connectivity index (χ4n) is 2.09. The van der Waals surface area contributed by atoms with Gasteiger partial charge in [-0.1, -0.05) is 30.3 Å². The number of hydrogen-bond donors (Lipinski definition) is 2. The van der Waals surface area contributed by atoms with Crippen LogP contribution in [0.25, 0.3) is 0 Å². The molecule has 2 aromatic rings. The Morgan fingerprint density at radius 1 is 1.13 bits per heavy atom. The summed E-state index contributed by atoms with van der Waals surface area (Å²) < 4.78 is 11.7. The summed E-state index contributed by atoms with van der Waals surface area (Å²) in [6, 6.07) is 16.7. The van der Waals surface area contributed by atoms with E-state index in [1.807, 2.05) is 54.6 Å². The molecule has 0 aromatic heterocycles. The molecule has 3 N–H and O–H groups in total. The summed E-state index contributed by atoms with van der Waals surface area (Å²) in [6.07, 6.45) is -1.81. The van der Waals surface area contributed by atoms with Crippen molar-refractivity contribution in [2.24, 2.45) is 5.73 Å². The van der Waals surface area contributed by atoms with Gasteiger partial charge in [-0.05, 0) is 52.4 Å². The first-order chi connectivity index (χ1) is 11.0. The number of aliphatic hydroxyl groups is 1. The maximum Gasteiger partial charge on any atom is 0.404 e. The van der Waals surface area contributed by atoms with Crippen LogP contribution in [0.1, 0.15) is 18.1 Å². The molecule has 1 amide bonds. The molecule has 0 spiro atoms. The number of carbonyl (C=O) groups is 1. The van der Waals surface area contributed by atoms with Gasteiger partial charge < -0.3 is 20.3 Å². The minimum Gasteiger partial charge on any atom is -0.487 e. The van der Waals surface area contributed by atoms with Gasteiger partial charge in [0.25, 0.3) is 0 Å². The van der Waals surface area contributed by atoms with Crippen molar-refractivity contribution in [2.45, 2.75) is 18.6 Å². The highest BCUT2D eigenvalue weighted by Gasteiger charge is 2.19. The summed E-state index contributed by atoms with van der Waals surface area (Å²) in [5.41, 5.74) is 5.80. The van der Waals surface area contributed by atoms with Crippen LogP contribution in [0.4, 0.5) is 4.79 Å². The second-order valence-electron chi connectivity index (χ2n) is 4.99. The zero-order chi connectivity index (χ0) is 16.7. The molecule has 23 heavy (non-hydrogen) atoms. The highest BCUT2D eigenvalue weighted by Crippen LogP contribution is 2.22. The maximum absolute atomic E-state index is 10.8. The molecule has 0 saturated carbocycles. The van der Waals surface area contributed by atoms with E-state index in [9.17, 15) is 9.90 Å². The number of rotatable bonds is 7. The normalized spacial score (nSPS) is 13.1. The van der Waals surface area contributed by atoms with Crippen LogP contribution in [-0.4, -0.2) is 23.9 Å². The zero-order valence-electron chi connectivity index (χ0n) is 12.4. The molecule has 0 bridgehead atoms. The van der Waals surface area contributed by atoms with Crippen molar-refractivity contribution in [3.63, 3.8) is 0 Å². The topological polar surface area (TPSA) is 81.8 Å². The number of nitrogens with two attached hydrogens (primary N) is 1. The number of aliphatic hydroxyl groups excluding tert-OH is 1. The maximum atomic E-state index is 10.8. The molecule has 0 aliphatic heterocycles. The first-order valence-electron chi connectivity index (χ1n) is 7.12. The Morgan fingerprint density at radius 2 is 1.78 bits per heavy atom. The van der Waals surface area contributed by atoms with Gasteiger partial charge in [-0.3, -0.25) is 0 Å². The van der Waals surface area contributed by atoms with Crippen LogP contribution in [0.2, 0.25) is 0 Å². The molecular formula is C17H18INO4. The molecule has 1 unspecified atom stereocenters. The highest BCUT2D eigenvalue weighted by molar-refractivity contribution is 14.1. The van der Waals surface area contributed by atoms with Gasteiger partial charge in [0.2, 0.25) is 0 Å². The summed E-state index contributed by atoms with van der Waals surface area (Å²) >= 11 is 2.20. The summed E-state index contributed by atoms with van der Waals surface area (Å²) in [5, 5.41) is 10.3. The summed E-state index contributed by atoms with van der Waals surface area (Å²) in [6.45, 7) is -0.0226. The molecule has 0 aliphatic carbocycles. The van der Waals surface area contributed by atoms with Crippen LogP contribution in [-0.2, 0) is 4.74 Å². The van der Waals surface area contributed by atoms with E-state index in [1.54, 1.807) is 0 Å². The first-order valence-corrected chi connectivity index (χ1v) is 8.20. The number of primary amides is 1. The fourth-order valence-corrected chi connectivity index (χ4v) is 2.45. The van der Waals surface area contributed by atoms with Crippen LogP contribution in [0.15, 0.2) is 54.6 Å². The number of ether oxygens (including phenoxy) is 2. The molecule has 2 rings (SSSR count). The smallest absolute Gasteiger partial charge is 0.404 e. The molecule has 0 radical (unpaired) electrons. The quantitative estimate of drug-likeness (QED) is 0.665. The van der Waals surface area contributed by atoms with E-state index in [1.165, 1.54) is 0 Å².